The Labute approximate surface area is 165 Å². The quantitative estimate of drug-likeness (QED) is 0.622. The molecule has 2 N–H and O–H groups in total. The highest BCUT2D eigenvalue weighted by Gasteiger charge is 2.33. The second-order valence-electron chi connectivity index (χ2n) is 6.70. The van der Waals surface area contributed by atoms with E-state index in [1.165, 1.54) is 11.3 Å². The lowest BCUT2D eigenvalue weighted by Crippen LogP contribution is -2.34. The molecule has 2 heterocycles. The molecular weight excluding hydrogens is 389 g/mol. The number of hydrogen-bond donors (Lipinski definition) is 2. The van der Waals surface area contributed by atoms with Gasteiger partial charge in [-0.2, -0.15) is 9.78 Å². The number of nitrogens with zero attached hydrogens (tertiary/aromatic N) is 2. The molecule has 3 rings (SSSR count). The van der Waals surface area contributed by atoms with Crippen molar-refractivity contribution < 1.29 is 14.3 Å². The minimum absolute atomic E-state index is 0.0371. The van der Waals surface area contributed by atoms with E-state index in [1.54, 1.807) is 44.2 Å². The minimum Gasteiger partial charge on any atom is -0.395 e. The maximum Gasteiger partial charge on any atom is 0.256 e. The zero-order valence-corrected chi connectivity index (χ0v) is 16.4. The van der Waals surface area contributed by atoms with Gasteiger partial charge in [-0.25, -0.2) is 4.39 Å². The molecule has 5 nitrogen and oxygen atoms in total. The second-order valence-corrected chi connectivity index (χ2v) is 8.50. The van der Waals surface area contributed by atoms with Gasteiger partial charge in [-0.1, -0.05) is 41.9 Å². The molecule has 27 heavy (non-hydrogen) atoms. The van der Waals surface area contributed by atoms with Crippen LogP contribution in [0.1, 0.15) is 23.5 Å². The SMILES string of the molecule is CC(C)(CO)C(=O)n1nc(-c2ccccc2)c(F)c1NCc1ccc(Cl)s1. The smallest absolute Gasteiger partial charge is 0.256 e. The van der Waals surface area contributed by atoms with Gasteiger partial charge in [0.1, 0.15) is 5.69 Å². The Balaban J connectivity index is 2.02. The van der Waals surface area contributed by atoms with Crippen LogP contribution in [-0.4, -0.2) is 27.4 Å². The van der Waals surface area contributed by atoms with Crippen LogP contribution in [0.5, 0.6) is 0 Å². The lowest BCUT2D eigenvalue weighted by atomic mass is 9.94. The summed E-state index contributed by atoms with van der Waals surface area (Å²) in [7, 11) is 0. The molecule has 0 aliphatic rings. The molecule has 0 radical (unpaired) electrons. The summed E-state index contributed by atoms with van der Waals surface area (Å²) in [5, 5.41) is 16.7. The van der Waals surface area contributed by atoms with Crippen molar-refractivity contribution in [2.75, 3.05) is 11.9 Å². The van der Waals surface area contributed by atoms with E-state index >= 15 is 4.39 Å². The largest absolute Gasteiger partial charge is 0.395 e. The summed E-state index contributed by atoms with van der Waals surface area (Å²) < 4.78 is 16.8. The maximum absolute atomic E-state index is 15.2. The van der Waals surface area contributed by atoms with Crippen LogP contribution in [-0.2, 0) is 6.54 Å². The third kappa shape index (κ3) is 4.05. The van der Waals surface area contributed by atoms with E-state index in [9.17, 15) is 9.90 Å². The van der Waals surface area contributed by atoms with E-state index < -0.39 is 17.1 Å². The highest BCUT2D eigenvalue weighted by atomic mass is 35.5. The molecule has 0 unspecified atom stereocenters. The molecule has 142 valence electrons. The summed E-state index contributed by atoms with van der Waals surface area (Å²) in [5.41, 5.74) is -0.468. The van der Waals surface area contributed by atoms with Crippen LogP contribution >= 0.6 is 22.9 Å². The number of halogens is 2. The first-order chi connectivity index (χ1) is 12.8. The Morgan fingerprint density at radius 2 is 2.00 bits per heavy atom. The van der Waals surface area contributed by atoms with Crippen LogP contribution in [0.2, 0.25) is 4.34 Å². The number of carbonyl (C=O) groups is 1. The van der Waals surface area contributed by atoms with Gasteiger partial charge in [0.15, 0.2) is 11.6 Å². The van der Waals surface area contributed by atoms with Crippen molar-refractivity contribution in [3.8, 4) is 11.3 Å². The molecule has 0 saturated carbocycles. The monoisotopic (exact) mass is 407 g/mol. The fourth-order valence-corrected chi connectivity index (χ4v) is 3.48. The number of aliphatic hydroxyl groups is 1. The van der Waals surface area contributed by atoms with Crippen LogP contribution in [0.4, 0.5) is 10.2 Å². The number of nitrogens with one attached hydrogen (secondary N) is 1. The van der Waals surface area contributed by atoms with Crippen molar-refractivity contribution in [2.24, 2.45) is 5.41 Å². The zero-order chi connectivity index (χ0) is 19.6. The summed E-state index contributed by atoms with van der Waals surface area (Å²) >= 11 is 7.30. The summed E-state index contributed by atoms with van der Waals surface area (Å²) in [5.74, 6) is -1.16. The molecule has 0 fully saturated rings. The van der Waals surface area contributed by atoms with Gasteiger partial charge in [0, 0.05) is 10.4 Å². The van der Waals surface area contributed by atoms with Gasteiger partial charge in [0.05, 0.1) is 22.9 Å². The second kappa shape index (κ2) is 7.80. The number of aromatic nitrogens is 2. The van der Waals surface area contributed by atoms with Gasteiger partial charge in [-0.3, -0.25) is 4.79 Å². The standard InChI is InChI=1S/C19H19ClFN3O2S/c1-19(2,11-25)18(26)24-17(22-10-13-8-9-14(20)27-13)15(21)16(23-24)12-6-4-3-5-7-12/h3-9,22,25H,10-11H2,1-2H3. The molecule has 0 bridgehead atoms. The average molecular weight is 408 g/mol. The van der Waals surface area contributed by atoms with E-state index in [1.807, 2.05) is 12.1 Å². The molecule has 0 spiro atoms. The van der Waals surface area contributed by atoms with Crippen molar-refractivity contribution in [1.29, 1.82) is 0 Å². The number of hydrogen-bond acceptors (Lipinski definition) is 5. The molecule has 0 aliphatic heterocycles. The van der Waals surface area contributed by atoms with Gasteiger partial charge in [-0.15, -0.1) is 11.3 Å². The van der Waals surface area contributed by atoms with E-state index in [2.05, 4.69) is 10.4 Å². The van der Waals surface area contributed by atoms with Crippen LogP contribution < -0.4 is 5.32 Å². The number of thiophene rings is 1. The predicted molar refractivity (Wildman–Crippen MR) is 106 cm³/mol. The normalized spacial score (nSPS) is 11.6. The minimum atomic E-state index is -1.10. The molecule has 1 aromatic carbocycles. The van der Waals surface area contributed by atoms with Gasteiger partial charge in [0.2, 0.25) is 0 Å². The lowest BCUT2D eigenvalue weighted by molar-refractivity contribution is 0.0616. The first-order valence-corrected chi connectivity index (χ1v) is 9.50. The van der Waals surface area contributed by atoms with E-state index in [0.29, 0.717) is 16.4 Å². The van der Waals surface area contributed by atoms with Crippen molar-refractivity contribution in [2.45, 2.75) is 20.4 Å². The molecule has 0 aliphatic carbocycles. The molecule has 3 aromatic rings. The van der Waals surface area contributed by atoms with Gasteiger partial charge in [-0.05, 0) is 26.0 Å². The Morgan fingerprint density at radius 1 is 1.30 bits per heavy atom. The van der Waals surface area contributed by atoms with Crippen molar-refractivity contribution in [3.63, 3.8) is 0 Å². The molecule has 8 heteroatoms. The summed E-state index contributed by atoms with van der Waals surface area (Å²) in [6.07, 6.45) is 0. The topological polar surface area (TPSA) is 67.1 Å². The fraction of sp³-hybridized carbons (Fsp3) is 0.263. The molecule has 0 saturated heterocycles. The van der Waals surface area contributed by atoms with Crippen LogP contribution in [0.15, 0.2) is 42.5 Å². The highest BCUT2D eigenvalue weighted by molar-refractivity contribution is 7.16. The first kappa shape index (κ1) is 19.5. The van der Waals surface area contributed by atoms with Crippen LogP contribution in [0.25, 0.3) is 11.3 Å². The maximum atomic E-state index is 15.2. The zero-order valence-electron chi connectivity index (χ0n) is 14.9. The average Bonchev–Trinajstić information content (AvgIpc) is 3.23. The first-order valence-electron chi connectivity index (χ1n) is 8.31. The van der Waals surface area contributed by atoms with E-state index in [0.717, 1.165) is 9.56 Å². The van der Waals surface area contributed by atoms with Gasteiger partial charge < -0.3 is 10.4 Å². The van der Waals surface area contributed by atoms with Crippen molar-refractivity contribution in [1.82, 2.24) is 9.78 Å². The third-order valence-electron chi connectivity index (χ3n) is 4.10. The van der Waals surface area contributed by atoms with Crippen molar-refractivity contribution in [3.05, 3.63) is 57.5 Å². The molecule has 2 aromatic heterocycles. The van der Waals surface area contributed by atoms with Gasteiger partial charge >= 0.3 is 0 Å². The Bertz CT molecular complexity index is 953. The number of anilines is 1. The number of aliphatic hydroxyl groups excluding tert-OH is 1. The van der Waals surface area contributed by atoms with Crippen LogP contribution in [0, 0.1) is 11.2 Å². The van der Waals surface area contributed by atoms with E-state index in [4.69, 9.17) is 11.6 Å². The predicted octanol–water partition coefficient (Wildman–Crippen LogP) is 4.67. The lowest BCUT2D eigenvalue weighted by Gasteiger charge is -2.20. The Kier molecular flexibility index (Phi) is 5.64. The number of rotatable bonds is 6. The molecular formula is C19H19ClFN3O2S. The summed E-state index contributed by atoms with van der Waals surface area (Å²) in [4.78, 5) is 13.7. The third-order valence-corrected chi connectivity index (χ3v) is 5.33. The number of benzene rings is 1. The number of carbonyl (C=O) groups excluding carboxylic acids is 1. The fourth-order valence-electron chi connectivity index (χ4n) is 2.45. The van der Waals surface area contributed by atoms with Crippen molar-refractivity contribution >= 4 is 34.7 Å². The highest BCUT2D eigenvalue weighted by Crippen LogP contribution is 2.31. The molecule has 0 atom stereocenters. The summed E-state index contributed by atoms with van der Waals surface area (Å²) in [6.45, 7) is 3.08. The molecule has 0 amide bonds. The van der Waals surface area contributed by atoms with Crippen LogP contribution in [0.3, 0.4) is 0 Å². The van der Waals surface area contributed by atoms with Gasteiger partial charge in [0.25, 0.3) is 5.91 Å². The Morgan fingerprint density at radius 3 is 2.59 bits per heavy atom. The summed E-state index contributed by atoms with van der Waals surface area (Å²) in [6, 6.07) is 12.4. The Hall–Kier alpha value is -2.22. The van der Waals surface area contributed by atoms with E-state index in [-0.39, 0.29) is 18.1 Å².